The Hall–Kier alpha value is -2.38. The van der Waals surface area contributed by atoms with E-state index in [0.29, 0.717) is 19.4 Å². The van der Waals surface area contributed by atoms with Crippen LogP contribution in [0.2, 0.25) is 0 Å². The number of primary sulfonamides is 1. The SMILES string of the molecule is Cc1ccc(OCCCC(=O)N[C@H](C)c2ccc(S(N)(=O)=O)cc2)cc1. The van der Waals surface area contributed by atoms with Gasteiger partial charge in [0.15, 0.2) is 0 Å². The van der Waals surface area contributed by atoms with E-state index in [1.807, 2.05) is 38.1 Å². The van der Waals surface area contributed by atoms with Crippen LogP contribution in [0.25, 0.3) is 0 Å². The van der Waals surface area contributed by atoms with Crippen molar-refractivity contribution in [1.29, 1.82) is 0 Å². The van der Waals surface area contributed by atoms with E-state index in [9.17, 15) is 13.2 Å². The van der Waals surface area contributed by atoms with E-state index >= 15 is 0 Å². The topological polar surface area (TPSA) is 98.5 Å². The van der Waals surface area contributed by atoms with Gasteiger partial charge in [-0.3, -0.25) is 4.79 Å². The number of rotatable bonds is 8. The van der Waals surface area contributed by atoms with Crippen molar-refractivity contribution in [2.45, 2.75) is 37.6 Å². The van der Waals surface area contributed by atoms with Crippen molar-refractivity contribution < 1.29 is 17.9 Å². The molecular formula is C19H24N2O4S. The molecule has 0 aliphatic heterocycles. The Bertz CT molecular complexity index is 831. The molecule has 7 heteroatoms. The predicted molar refractivity (Wildman–Crippen MR) is 100 cm³/mol. The minimum absolute atomic E-state index is 0.0491. The number of hydrogen-bond donors (Lipinski definition) is 2. The maximum Gasteiger partial charge on any atom is 0.238 e. The second kappa shape index (κ2) is 8.82. The molecule has 0 fully saturated rings. The first-order valence-corrected chi connectivity index (χ1v) is 9.92. The number of benzene rings is 2. The highest BCUT2D eigenvalue weighted by atomic mass is 32.2. The van der Waals surface area contributed by atoms with E-state index in [4.69, 9.17) is 9.88 Å². The fourth-order valence-corrected chi connectivity index (χ4v) is 2.92. The van der Waals surface area contributed by atoms with Crippen molar-refractivity contribution in [2.75, 3.05) is 6.61 Å². The summed E-state index contributed by atoms with van der Waals surface area (Å²) in [6, 6.07) is 13.7. The lowest BCUT2D eigenvalue weighted by Crippen LogP contribution is -2.26. The molecular weight excluding hydrogens is 352 g/mol. The molecule has 1 amide bonds. The molecule has 0 radical (unpaired) electrons. The summed E-state index contributed by atoms with van der Waals surface area (Å²) in [5, 5.41) is 7.96. The molecule has 1 atom stereocenters. The number of nitrogens with one attached hydrogen (secondary N) is 1. The summed E-state index contributed by atoms with van der Waals surface area (Å²) in [5.74, 6) is 0.708. The first-order chi connectivity index (χ1) is 12.3. The smallest absolute Gasteiger partial charge is 0.238 e. The van der Waals surface area contributed by atoms with Crippen LogP contribution in [0.4, 0.5) is 0 Å². The molecule has 2 rings (SSSR count). The fraction of sp³-hybridized carbons (Fsp3) is 0.316. The highest BCUT2D eigenvalue weighted by Crippen LogP contribution is 2.16. The number of carbonyl (C=O) groups is 1. The standard InChI is InChI=1S/C19H24N2O4S/c1-14-5-9-17(10-6-14)25-13-3-4-19(22)21-15(2)16-7-11-18(12-8-16)26(20,23)24/h5-12,15H,3-4,13H2,1-2H3,(H,21,22)(H2,20,23,24)/t15-/m1/s1. The van der Waals surface area contributed by atoms with Gasteiger partial charge in [0.25, 0.3) is 0 Å². The summed E-state index contributed by atoms with van der Waals surface area (Å²) in [7, 11) is -3.71. The maximum absolute atomic E-state index is 12.0. The predicted octanol–water partition coefficient (Wildman–Crippen LogP) is 2.68. The Labute approximate surface area is 154 Å². The van der Waals surface area contributed by atoms with Gasteiger partial charge in [-0.05, 0) is 50.1 Å². The van der Waals surface area contributed by atoms with Crippen molar-refractivity contribution in [1.82, 2.24) is 5.32 Å². The van der Waals surface area contributed by atoms with Gasteiger partial charge < -0.3 is 10.1 Å². The van der Waals surface area contributed by atoms with Crippen molar-refractivity contribution in [3.63, 3.8) is 0 Å². The van der Waals surface area contributed by atoms with Crippen molar-refractivity contribution in [2.24, 2.45) is 5.14 Å². The zero-order chi connectivity index (χ0) is 19.2. The van der Waals surface area contributed by atoms with E-state index in [2.05, 4.69) is 5.32 Å². The molecule has 3 N–H and O–H groups in total. The van der Waals surface area contributed by atoms with Crippen LogP contribution in [0.15, 0.2) is 53.4 Å². The summed E-state index contributed by atoms with van der Waals surface area (Å²) < 4.78 is 28.1. The molecule has 0 saturated carbocycles. The van der Waals surface area contributed by atoms with E-state index in [1.54, 1.807) is 12.1 Å². The second-order valence-corrected chi connectivity index (χ2v) is 7.73. The molecule has 0 heterocycles. The molecule has 26 heavy (non-hydrogen) atoms. The fourth-order valence-electron chi connectivity index (χ4n) is 2.40. The Kier molecular flexibility index (Phi) is 6.76. The van der Waals surface area contributed by atoms with Crippen LogP contribution in [0, 0.1) is 6.92 Å². The molecule has 0 aliphatic carbocycles. The summed E-state index contributed by atoms with van der Waals surface area (Å²) in [5.41, 5.74) is 1.98. The van der Waals surface area contributed by atoms with Crippen LogP contribution in [0.5, 0.6) is 5.75 Å². The van der Waals surface area contributed by atoms with E-state index in [0.717, 1.165) is 11.3 Å². The van der Waals surface area contributed by atoms with Gasteiger partial charge in [0.05, 0.1) is 17.5 Å². The van der Waals surface area contributed by atoms with Crippen LogP contribution < -0.4 is 15.2 Å². The van der Waals surface area contributed by atoms with Gasteiger partial charge in [-0.2, -0.15) is 0 Å². The highest BCUT2D eigenvalue weighted by Gasteiger charge is 2.12. The molecule has 0 bridgehead atoms. The van der Waals surface area contributed by atoms with Crippen molar-refractivity contribution in [3.05, 3.63) is 59.7 Å². The van der Waals surface area contributed by atoms with E-state index in [-0.39, 0.29) is 16.8 Å². The minimum Gasteiger partial charge on any atom is -0.494 e. The number of carbonyl (C=O) groups excluding carboxylic acids is 1. The van der Waals surface area contributed by atoms with Crippen LogP contribution in [-0.4, -0.2) is 20.9 Å². The van der Waals surface area contributed by atoms with E-state index in [1.165, 1.54) is 17.7 Å². The van der Waals surface area contributed by atoms with Gasteiger partial charge in [-0.1, -0.05) is 29.8 Å². The largest absolute Gasteiger partial charge is 0.494 e. The zero-order valence-corrected chi connectivity index (χ0v) is 15.8. The number of nitrogens with two attached hydrogens (primary N) is 1. The average molecular weight is 376 g/mol. The molecule has 6 nitrogen and oxygen atoms in total. The summed E-state index contributed by atoms with van der Waals surface area (Å²) in [4.78, 5) is 12.1. The second-order valence-electron chi connectivity index (χ2n) is 6.17. The highest BCUT2D eigenvalue weighted by molar-refractivity contribution is 7.89. The molecule has 0 saturated heterocycles. The Morgan fingerprint density at radius 2 is 1.73 bits per heavy atom. The molecule has 0 aliphatic rings. The molecule has 2 aromatic carbocycles. The first kappa shape index (κ1) is 19.9. The van der Waals surface area contributed by atoms with Crippen molar-refractivity contribution >= 4 is 15.9 Å². The Balaban J connectivity index is 1.75. The summed E-state index contributed by atoms with van der Waals surface area (Å²) in [6.45, 7) is 4.32. The lowest BCUT2D eigenvalue weighted by Gasteiger charge is -2.15. The van der Waals surface area contributed by atoms with Crippen molar-refractivity contribution in [3.8, 4) is 5.75 Å². The number of ether oxygens (including phenoxy) is 1. The third-order valence-electron chi connectivity index (χ3n) is 3.92. The van der Waals surface area contributed by atoms with Crippen LogP contribution in [-0.2, 0) is 14.8 Å². The maximum atomic E-state index is 12.0. The van der Waals surface area contributed by atoms with Gasteiger partial charge in [-0.15, -0.1) is 0 Å². The molecule has 0 spiro atoms. The molecule has 0 aromatic heterocycles. The number of aryl methyl sites for hydroxylation is 1. The van der Waals surface area contributed by atoms with Gasteiger partial charge >= 0.3 is 0 Å². The van der Waals surface area contributed by atoms with Crippen LogP contribution in [0.3, 0.4) is 0 Å². The van der Waals surface area contributed by atoms with Gasteiger partial charge in [0.1, 0.15) is 5.75 Å². The number of amides is 1. The lowest BCUT2D eigenvalue weighted by atomic mass is 10.1. The number of sulfonamides is 1. The average Bonchev–Trinajstić information content (AvgIpc) is 2.59. The minimum atomic E-state index is -3.71. The molecule has 0 unspecified atom stereocenters. The molecule has 140 valence electrons. The van der Waals surface area contributed by atoms with Crippen LogP contribution in [0.1, 0.15) is 36.9 Å². The quantitative estimate of drug-likeness (QED) is 0.692. The third-order valence-corrected chi connectivity index (χ3v) is 4.85. The first-order valence-electron chi connectivity index (χ1n) is 8.37. The monoisotopic (exact) mass is 376 g/mol. The lowest BCUT2D eigenvalue weighted by molar-refractivity contribution is -0.121. The van der Waals surface area contributed by atoms with Crippen LogP contribution >= 0.6 is 0 Å². The summed E-state index contributed by atoms with van der Waals surface area (Å²) in [6.07, 6.45) is 0.961. The van der Waals surface area contributed by atoms with E-state index < -0.39 is 10.0 Å². The third kappa shape index (κ3) is 6.16. The molecule has 2 aromatic rings. The van der Waals surface area contributed by atoms with Gasteiger partial charge in [0, 0.05) is 6.42 Å². The normalized spacial score (nSPS) is 12.4. The zero-order valence-electron chi connectivity index (χ0n) is 14.9. The van der Waals surface area contributed by atoms with Gasteiger partial charge in [-0.25, -0.2) is 13.6 Å². The van der Waals surface area contributed by atoms with Gasteiger partial charge in [0.2, 0.25) is 15.9 Å². The summed E-state index contributed by atoms with van der Waals surface area (Å²) >= 11 is 0. The Morgan fingerprint density at radius 1 is 1.12 bits per heavy atom. The number of hydrogen-bond acceptors (Lipinski definition) is 4. The Morgan fingerprint density at radius 3 is 2.31 bits per heavy atom.